The third-order valence-corrected chi connectivity index (χ3v) is 5.65. The molecule has 0 aliphatic carbocycles. The fourth-order valence-corrected chi connectivity index (χ4v) is 4.06. The summed E-state index contributed by atoms with van der Waals surface area (Å²) in [5, 5.41) is 2.83. The molecule has 108 valence electrons. The van der Waals surface area contributed by atoms with Crippen molar-refractivity contribution < 1.29 is 4.79 Å². The Morgan fingerprint density at radius 1 is 1.33 bits per heavy atom. The first-order valence-corrected chi connectivity index (χ1v) is 8.41. The molecule has 0 radical (unpaired) electrons. The van der Waals surface area contributed by atoms with Gasteiger partial charge in [-0.15, -0.1) is 11.8 Å². The Bertz CT molecular complexity index is 717. The van der Waals surface area contributed by atoms with Crippen molar-refractivity contribution in [3.8, 4) is 0 Å². The van der Waals surface area contributed by atoms with Crippen LogP contribution in [0.1, 0.15) is 22.7 Å². The predicted octanol–water partition coefficient (Wildman–Crippen LogP) is 4.00. The zero-order chi connectivity index (χ0) is 15.0. The number of halogens is 1. The fourth-order valence-electron chi connectivity index (χ4n) is 2.32. The van der Waals surface area contributed by atoms with Crippen LogP contribution in [0.4, 0.5) is 5.69 Å². The van der Waals surface area contributed by atoms with Gasteiger partial charge in [0.25, 0.3) is 0 Å². The van der Waals surface area contributed by atoms with Crippen molar-refractivity contribution in [2.24, 2.45) is 5.73 Å². The van der Waals surface area contributed by atoms with Crippen LogP contribution in [0.3, 0.4) is 0 Å². The topological polar surface area (TPSA) is 55.1 Å². The van der Waals surface area contributed by atoms with Gasteiger partial charge in [-0.25, -0.2) is 0 Å². The Balaban J connectivity index is 1.83. The molecule has 3 nitrogen and oxygen atoms in total. The number of hydrogen-bond donors (Lipinski definition) is 2. The molecular formula is C16H15BrN2OS. The Hall–Kier alpha value is -1.30. The minimum Gasteiger partial charge on any atom is -0.324 e. The van der Waals surface area contributed by atoms with Gasteiger partial charge in [0, 0.05) is 26.4 Å². The molecule has 0 aromatic heterocycles. The van der Waals surface area contributed by atoms with Crippen molar-refractivity contribution in [3.05, 3.63) is 57.6 Å². The summed E-state index contributed by atoms with van der Waals surface area (Å²) in [6.07, 6.45) is 0. The maximum absolute atomic E-state index is 11.6. The highest BCUT2D eigenvalue weighted by Gasteiger charge is 2.28. The van der Waals surface area contributed by atoms with Gasteiger partial charge in [0.05, 0.1) is 0 Å². The molecule has 0 fully saturated rings. The highest BCUT2D eigenvalue weighted by atomic mass is 79.9. The number of carbonyl (C=O) groups excluding carboxylic acids is 1. The Morgan fingerprint density at radius 2 is 2.10 bits per heavy atom. The molecule has 1 heterocycles. The van der Waals surface area contributed by atoms with Gasteiger partial charge in [0.2, 0.25) is 5.91 Å². The largest absolute Gasteiger partial charge is 0.324 e. The zero-order valence-corrected chi connectivity index (χ0v) is 13.9. The lowest BCUT2D eigenvalue weighted by Gasteiger charge is -2.10. The summed E-state index contributed by atoms with van der Waals surface area (Å²) in [4.78, 5) is 12.7. The van der Waals surface area contributed by atoms with E-state index in [2.05, 4.69) is 46.4 Å². The predicted molar refractivity (Wildman–Crippen MR) is 90.4 cm³/mol. The molecule has 0 saturated carbocycles. The van der Waals surface area contributed by atoms with E-state index >= 15 is 0 Å². The number of amides is 1. The highest BCUT2D eigenvalue weighted by molar-refractivity contribution is 9.10. The van der Waals surface area contributed by atoms with Crippen molar-refractivity contribution in [1.29, 1.82) is 0 Å². The van der Waals surface area contributed by atoms with E-state index in [-0.39, 0.29) is 5.91 Å². The summed E-state index contributed by atoms with van der Waals surface area (Å²) in [5.74, 6) is 0.752. The van der Waals surface area contributed by atoms with Crippen LogP contribution >= 0.6 is 27.7 Å². The summed E-state index contributed by atoms with van der Waals surface area (Å²) in [7, 11) is 0. The number of benzene rings is 2. The molecule has 0 bridgehead atoms. The van der Waals surface area contributed by atoms with Crippen LogP contribution in [0, 0.1) is 6.92 Å². The first-order valence-electron chi connectivity index (χ1n) is 6.63. The van der Waals surface area contributed by atoms with E-state index in [1.165, 1.54) is 11.1 Å². The van der Waals surface area contributed by atoms with Gasteiger partial charge in [-0.2, -0.15) is 0 Å². The number of nitrogens with one attached hydrogen (secondary N) is 1. The lowest BCUT2D eigenvalue weighted by Crippen LogP contribution is -2.19. The fraction of sp³-hybridized carbons (Fsp3) is 0.188. The average molecular weight is 363 g/mol. The first-order chi connectivity index (χ1) is 10.1. The molecule has 5 heteroatoms. The smallest absolute Gasteiger partial charge is 0.245 e. The minimum absolute atomic E-state index is 0.141. The third kappa shape index (κ3) is 2.86. The van der Waals surface area contributed by atoms with E-state index < -0.39 is 6.04 Å². The maximum Gasteiger partial charge on any atom is 0.245 e. The Kier molecular flexibility index (Phi) is 4.06. The van der Waals surface area contributed by atoms with Crippen molar-refractivity contribution >= 4 is 39.3 Å². The normalized spacial score (nSPS) is 16.7. The quantitative estimate of drug-likeness (QED) is 0.811. The molecule has 2 aromatic carbocycles. The SMILES string of the molecule is Cc1ccccc1CSc1cc2c(cc1Br)C(N)C(=O)N2. The Labute approximate surface area is 136 Å². The number of fused-ring (bicyclic) bond motifs is 1. The molecule has 1 unspecified atom stereocenters. The van der Waals surface area contributed by atoms with E-state index in [4.69, 9.17) is 5.73 Å². The summed E-state index contributed by atoms with van der Waals surface area (Å²) >= 11 is 5.32. The van der Waals surface area contributed by atoms with Crippen LogP contribution in [-0.4, -0.2) is 5.91 Å². The molecule has 1 atom stereocenters. The highest BCUT2D eigenvalue weighted by Crippen LogP contribution is 2.39. The molecule has 3 rings (SSSR count). The van der Waals surface area contributed by atoms with Gasteiger partial charge >= 0.3 is 0 Å². The Morgan fingerprint density at radius 3 is 2.86 bits per heavy atom. The molecule has 1 aliphatic rings. The molecular weight excluding hydrogens is 348 g/mol. The summed E-state index contributed by atoms with van der Waals surface area (Å²) in [5.41, 5.74) is 10.1. The second kappa shape index (κ2) is 5.83. The van der Waals surface area contributed by atoms with Gasteiger partial charge in [0.1, 0.15) is 6.04 Å². The van der Waals surface area contributed by atoms with Crippen LogP contribution in [0.15, 0.2) is 45.8 Å². The monoisotopic (exact) mass is 362 g/mol. The van der Waals surface area contributed by atoms with E-state index in [0.717, 1.165) is 26.4 Å². The van der Waals surface area contributed by atoms with Crippen LogP contribution < -0.4 is 11.1 Å². The molecule has 1 amide bonds. The van der Waals surface area contributed by atoms with Gasteiger partial charge in [0.15, 0.2) is 0 Å². The second-order valence-electron chi connectivity index (χ2n) is 5.05. The van der Waals surface area contributed by atoms with Crippen molar-refractivity contribution in [2.75, 3.05) is 5.32 Å². The molecule has 1 aliphatic heterocycles. The third-order valence-electron chi connectivity index (χ3n) is 3.62. The van der Waals surface area contributed by atoms with Gasteiger partial charge in [-0.1, -0.05) is 24.3 Å². The van der Waals surface area contributed by atoms with E-state index in [9.17, 15) is 4.79 Å². The van der Waals surface area contributed by atoms with Crippen molar-refractivity contribution in [2.45, 2.75) is 23.6 Å². The minimum atomic E-state index is -0.563. The molecule has 21 heavy (non-hydrogen) atoms. The molecule has 0 spiro atoms. The van der Waals surface area contributed by atoms with Crippen LogP contribution in [0.5, 0.6) is 0 Å². The van der Waals surface area contributed by atoms with E-state index in [0.29, 0.717) is 0 Å². The van der Waals surface area contributed by atoms with Gasteiger partial charge < -0.3 is 11.1 Å². The number of hydrogen-bond acceptors (Lipinski definition) is 3. The van der Waals surface area contributed by atoms with Crippen LogP contribution in [-0.2, 0) is 10.5 Å². The number of rotatable bonds is 3. The van der Waals surface area contributed by atoms with E-state index in [1.54, 1.807) is 11.8 Å². The van der Waals surface area contributed by atoms with Gasteiger partial charge in [-0.05, 0) is 46.1 Å². The number of nitrogens with two attached hydrogens (primary N) is 1. The molecule has 0 saturated heterocycles. The molecule has 3 N–H and O–H groups in total. The first kappa shape index (κ1) is 14.6. The average Bonchev–Trinajstić information content (AvgIpc) is 2.73. The number of aryl methyl sites for hydroxylation is 1. The van der Waals surface area contributed by atoms with Crippen LogP contribution in [0.2, 0.25) is 0 Å². The van der Waals surface area contributed by atoms with Crippen molar-refractivity contribution in [3.63, 3.8) is 0 Å². The summed E-state index contributed by atoms with van der Waals surface area (Å²) < 4.78 is 0.979. The second-order valence-corrected chi connectivity index (χ2v) is 6.92. The number of thioether (sulfide) groups is 1. The zero-order valence-electron chi connectivity index (χ0n) is 11.5. The van der Waals surface area contributed by atoms with Gasteiger partial charge in [-0.3, -0.25) is 4.79 Å². The molecule has 2 aromatic rings. The lowest BCUT2D eigenvalue weighted by atomic mass is 10.1. The van der Waals surface area contributed by atoms with E-state index in [1.807, 2.05) is 18.2 Å². The summed E-state index contributed by atoms with van der Waals surface area (Å²) in [6.45, 7) is 2.12. The number of carbonyl (C=O) groups is 1. The number of anilines is 1. The van der Waals surface area contributed by atoms with Crippen molar-refractivity contribution in [1.82, 2.24) is 0 Å². The summed E-state index contributed by atoms with van der Waals surface area (Å²) in [6, 6.07) is 11.7. The standard InChI is InChI=1S/C16H15BrN2OS/c1-9-4-2-3-5-10(9)8-21-14-7-13-11(6-12(14)17)15(18)16(20)19-13/h2-7,15H,8,18H2,1H3,(H,19,20). The maximum atomic E-state index is 11.6. The van der Waals surface area contributed by atoms with Crippen LogP contribution in [0.25, 0.3) is 0 Å². The lowest BCUT2D eigenvalue weighted by molar-refractivity contribution is -0.116.